The molecule has 5 rings (SSSR count). The molecule has 0 saturated carbocycles. The molecule has 44 heavy (non-hydrogen) atoms. The molecule has 1 N–H and O–H groups in total. The highest BCUT2D eigenvalue weighted by molar-refractivity contribution is 9.10. The lowest BCUT2D eigenvalue weighted by Gasteiger charge is -2.31. The minimum Gasteiger partial charge on any atom is -0.481 e. The second-order valence-corrected chi connectivity index (χ2v) is 12.1. The number of alkyl carbamates (subject to hydrolysis) is 1. The van der Waals surface area contributed by atoms with Gasteiger partial charge in [0.15, 0.2) is 5.82 Å². The van der Waals surface area contributed by atoms with Crippen molar-refractivity contribution < 1.29 is 18.7 Å². The van der Waals surface area contributed by atoms with E-state index < -0.39 is 17.7 Å². The molecule has 2 aromatic heterocycles. The maximum absolute atomic E-state index is 13.3. The number of aromatic nitrogens is 2. The van der Waals surface area contributed by atoms with E-state index in [1.807, 2.05) is 116 Å². The Labute approximate surface area is 264 Å². The Morgan fingerprint density at radius 1 is 0.932 bits per heavy atom. The molecule has 226 valence electrons. The Bertz CT molecular complexity index is 1690. The second kappa shape index (κ2) is 13.8. The molecule has 0 bridgehead atoms. The molecule has 9 heteroatoms. The Balaban J connectivity index is 1.57. The van der Waals surface area contributed by atoms with E-state index in [0.29, 0.717) is 10.4 Å². The van der Waals surface area contributed by atoms with Crippen LogP contribution in [0.25, 0.3) is 11.6 Å². The van der Waals surface area contributed by atoms with Gasteiger partial charge in [-0.05, 0) is 53.4 Å². The van der Waals surface area contributed by atoms with Crippen molar-refractivity contribution >= 4 is 22.0 Å². The smallest absolute Gasteiger partial charge is 0.407 e. The molecule has 0 spiro atoms. The molecule has 0 aliphatic rings. The van der Waals surface area contributed by atoms with E-state index in [-0.39, 0.29) is 36.0 Å². The van der Waals surface area contributed by atoms with Gasteiger partial charge in [-0.1, -0.05) is 91.0 Å². The Kier molecular flexibility index (Phi) is 9.65. The van der Waals surface area contributed by atoms with Gasteiger partial charge in [-0.15, -0.1) is 0 Å². The molecule has 2 heterocycles. The first-order valence-corrected chi connectivity index (χ1v) is 15.1. The minimum atomic E-state index is -0.692. The van der Waals surface area contributed by atoms with Crippen LogP contribution in [0.2, 0.25) is 0 Å². The van der Waals surface area contributed by atoms with Crippen LogP contribution in [0.15, 0.2) is 123 Å². The van der Waals surface area contributed by atoms with Crippen LogP contribution in [0, 0.1) is 0 Å². The van der Waals surface area contributed by atoms with Crippen molar-refractivity contribution in [2.75, 3.05) is 0 Å². The van der Waals surface area contributed by atoms with Crippen LogP contribution in [0.3, 0.4) is 0 Å². The first-order chi connectivity index (χ1) is 21.2. The molecule has 0 aliphatic heterocycles. The number of nitrogens with zero attached hydrogens (tertiary/aromatic N) is 2. The third-order valence-electron chi connectivity index (χ3n) is 6.87. The fraction of sp³-hybridized carbons (Fsp3) is 0.229. The Morgan fingerprint density at radius 3 is 2.11 bits per heavy atom. The number of ether oxygens (including phenoxy) is 2. The molecule has 1 atom stereocenters. The zero-order chi connectivity index (χ0) is 31.1. The molecule has 0 radical (unpaired) electrons. The zero-order valence-electron chi connectivity index (χ0n) is 24.8. The summed E-state index contributed by atoms with van der Waals surface area (Å²) in [5.41, 5.74) is 1.90. The normalized spacial score (nSPS) is 12.1. The topological polar surface area (TPSA) is 95.6 Å². The number of benzene rings is 3. The summed E-state index contributed by atoms with van der Waals surface area (Å²) < 4.78 is 20.1. The molecule has 3 aromatic carbocycles. The van der Waals surface area contributed by atoms with Gasteiger partial charge in [0.05, 0.1) is 18.5 Å². The highest BCUT2D eigenvalue weighted by Gasteiger charge is 2.31. The summed E-state index contributed by atoms with van der Waals surface area (Å²) in [6.07, 6.45) is 2.41. The molecule has 0 aliphatic carbocycles. The van der Waals surface area contributed by atoms with E-state index in [4.69, 9.17) is 13.9 Å². The number of hydrogen-bond donors (Lipinski definition) is 1. The predicted molar refractivity (Wildman–Crippen MR) is 173 cm³/mol. The van der Waals surface area contributed by atoms with Crippen molar-refractivity contribution in [2.24, 2.45) is 0 Å². The zero-order valence-corrected chi connectivity index (χ0v) is 26.4. The van der Waals surface area contributed by atoms with Gasteiger partial charge in [0.25, 0.3) is 0 Å². The SMILES string of the molecule is CC(C)(C)OC(=O)NC(Cn1c(Br)cnc1-c1occc(=O)c1OCc1ccccc1)C(c1ccccc1)c1ccccc1. The molecule has 1 unspecified atom stereocenters. The third kappa shape index (κ3) is 7.65. The average Bonchev–Trinajstić information content (AvgIpc) is 3.36. The summed E-state index contributed by atoms with van der Waals surface area (Å²) in [5, 5.41) is 3.13. The van der Waals surface area contributed by atoms with Gasteiger partial charge in [0, 0.05) is 18.5 Å². The van der Waals surface area contributed by atoms with Gasteiger partial charge in [-0.2, -0.15) is 0 Å². The summed E-state index contributed by atoms with van der Waals surface area (Å²) in [6.45, 7) is 5.91. The summed E-state index contributed by atoms with van der Waals surface area (Å²) in [6, 6.07) is 30.4. The van der Waals surface area contributed by atoms with Crippen LogP contribution in [0.5, 0.6) is 5.75 Å². The number of nitrogens with one attached hydrogen (secondary N) is 1. The van der Waals surface area contributed by atoms with Gasteiger partial charge in [-0.3, -0.25) is 4.79 Å². The maximum atomic E-state index is 13.3. The Hall–Kier alpha value is -4.63. The molecule has 0 saturated heterocycles. The molecule has 8 nitrogen and oxygen atoms in total. The van der Waals surface area contributed by atoms with E-state index in [0.717, 1.165) is 16.7 Å². The fourth-order valence-corrected chi connectivity index (χ4v) is 5.42. The monoisotopic (exact) mass is 655 g/mol. The van der Waals surface area contributed by atoms with E-state index >= 15 is 0 Å². The van der Waals surface area contributed by atoms with Crippen molar-refractivity contribution in [3.8, 4) is 17.3 Å². The first kappa shape index (κ1) is 30.8. The number of amides is 1. The van der Waals surface area contributed by atoms with Crippen LogP contribution < -0.4 is 15.5 Å². The number of imidazole rings is 1. The molecule has 5 aromatic rings. The number of carbonyl (C=O) groups excluding carboxylic acids is 1. The van der Waals surface area contributed by atoms with Crippen LogP contribution in [-0.4, -0.2) is 27.3 Å². The Morgan fingerprint density at radius 2 is 1.52 bits per heavy atom. The van der Waals surface area contributed by atoms with Crippen molar-refractivity contribution in [1.82, 2.24) is 14.9 Å². The van der Waals surface area contributed by atoms with Gasteiger partial charge < -0.3 is 23.8 Å². The standard InChI is InChI=1S/C35H34BrN3O5/c1-35(2,3)44-34(41)38-27(30(25-15-9-5-10-16-25)26-17-11-6-12-18-26)22-39-29(36)21-37-33(39)32-31(28(40)19-20-42-32)43-23-24-13-7-4-8-14-24/h4-21,27,30H,22-23H2,1-3H3,(H,38,41). The van der Waals surface area contributed by atoms with Crippen molar-refractivity contribution in [2.45, 2.75) is 51.5 Å². The summed E-state index contributed by atoms with van der Waals surface area (Å²) in [5.74, 6) is 0.346. The van der Waals surface area contributed by atoms with Crippen LogP contribution in [0.4, 0.5) is 4.79 Å². The van der Waals surface area contributed by atoms with Gasteiger partial charge in [0.1, 0.15) is 16.8 Å². The molecule has 1 amide bonds. The van der Waals surface area contributed by atoms with E-state index in [1.54, 1.807) is 6.20 Å². The quantitative estimate of drug-likeness (QED) is 0.167. The van der Waals surface area contributed by atoms with Crippen molar-refractivity contribution in [3.63, 3.8) is 0 Å². The van der Waals surface area contributed by atoms with Crippen LogP contribution >= 0.6 is 15.9 Å². The van der Waals surface area contributed by atoms with Crippen molar-refractivity contribution in [1.29, 1.82) is 0 Å². The molecule has 0 fully saturated rings. The van der Waals surface area contributed by atoms with Gasteiger partial charge in [-0.25, -0.2) is 9.78 Å². The minimum absolute atomic E-state index is 0.0509. The number of halogens is 1. The largest absolute Gasteiger partial charge is 0.481 e. The number of hydrogen-bond acceptors (Lipinski definition) is 6. The lowest BCUT2D eigenvalue weighted by molar-refractivity contribution is 0.0494. The van der Waals surface area contributed by atoms with E-state index in [9.17, 15) is 9.59 Å². The lowest BCUT2D eigenvalue weighted by atomic mass is 9.85. The molecular formula is C35H34BrN3O5. The van der Waals surface area contributed by atoms with Gasteiger partial charge in [0.2, 0.25) is 16.9 Å². The van der Waals surface area contributed by atoms with E-state index in [1.165, 1.54) is 12.3 Å². The second-order valence-electron chi connectivity index (χ2n) is 11.3. The number of carbonyl (C=O) groups is 1. The summed E-state index contributed by atoms with van der Waals surface area (Å²) in [7, 11) is 0. The molecular weight excluding hydrogens is 622 g/mol. The highest BCUT2D eigenvalue weighted by Crippen LogP contribution is 2.33. The predicted octanol–water partition coefficient (Wildman–Crippen LogP) is 7.57. The summed E-state index contributed by atoms with van der Waals surface area (Å²) in [4.78, 5) is 30.9. The van der Waals surface area contributed by atoms with E-state index in [2.05, 4.69) is 26.2 Å². The highest BCUT2D eigenvalue weighted by atomic mass is 79.9. The van der Waals surface area contributed by atoms with Crippen LogP contribution in [-0.2, 0) is 17.9 Å². The maximum Gasteiger partial charge on any atom is 0.407 e. The fourth-order valence-electron chi connectivity index (χ4n) is 5.00. The average molecular weight is 657 g/mol. The number of rotatable bonds is 10. The third-order valence-corrected chi connectivity index (χ3v) is 7.51. The van der Waals surface area contributed by atoms with Gasteiger partial charge >= 0.3 is 6.09 Å². The summed E-state index contributed by atoms with van der Waals surface area (Å²) >= 11 is 3.63. The first-order valence-electron chi connectivity index (χ1n) is 14.3. The lowest BCUT2D eigenvalue weighted by Crippen LogP contribution is -2.45. The van der Waals surface area contributed by atoms with Crippen molar-refractivity contribution in [3.05, 3.63) is 141 Å². The van der Waals surface area contributed by atoms with Crippen LogP contribution in [0.1, 0.15) is 43.4 Å².